The van der Waals surface area contributed by atoms with Crippen molar-refractivity contribution < 1.29 is 4.74 Å². The molecule has 0 aromatic heterocycles. The van der Waals surface area contributed by atoms with Crippen LogP contribution in [0.25, 0.3) is 0 Å². The summed E-state index contributed by atoms with van der Waals surface area (Å²) in [5.41, 5.74) is 1.99. The van der Waals surface area contributed by atoms with Gasteiger partial charge in [0, 0.05) is 27.7 Å². The lowest BCUT2D eigenvalue weighted by molar-refractivity contribution is 0.274. The van der Waals surface area contributed by atoms with Crippen molar-refractivity contribution in [3.63, 3.8) is 0 Å². The fourth-order valence-corrected chi connectivity index (χ4v) is 3.01. The number of halogens is 3. The summed E-state index contributed by atoms with van der Waals surface area (Å²) >= 11 is 18.2. The number of rotatable bonds is 2. The minimum atomic E-state index is 0.121. The molecule has 2 aromatic carbocycles. The van der Waals surface area contributed by atoms with Crippen LogP contribution in [0.2, 0.25) is 15.1 Å². The number of nitrogens with one attached hydrogen (secondary N) is 1. The van der Waals surface area contributed by atoms with E-state index in [1.165, 1.54) is 0 Å². The molecule has 104 valence electrons. The molecule has 1 aliphatic heterocycles. The molecule has 0 saturated heterocycles. The van der Waals surface area contributed by atoms with E-state index in [0.29, 0.717) is 27.4 Å². The topological polar surface area (TPSA) is 21.3 Å². The van der Waals surface area contributed by atoms with Crippen molar-refractivity contribution in [3.8, 4) is 5.75 Å². The van der Waals surface area contributed by atoms with Crippen LogP contribution in [0.4, 0.5) is 5.69 Å². The quantitative estimate of drug-likeness (QED) is 0.776. The summed E-state index contributed by atoms with van der Waals surface area (Å²) in [5, 5.41) is 5.34. The van der Waals surface area contributed by atoms with Gasteiger partial charge in [0.1, 0.15) is 5.75 Å². The molecule has 1 unspecified atom stereocenters. The van der Waals surface area contributed by atoms with Crippen molar-refractivity contribution in [3.05, 3.63) is 57.0 Å². The normalized spacial score (nSPS) is 17.2. The van der Waals surface area contributed by atoms with E-state index in [1.807, 2.05) is 30.3 Å². The minimum Gasteiger partial charge on any atom is -0.492 e. The lowest BCUT2D eigenvalue weighted by atomic mass is 10.00. The van der Waals surface area contributed by atoms with Crippen molar-refractivity contribution in [2.75, 3.05) is 11.9 Å². The van der Waals surface area contributed by atoms with Crippen LogP contribution in [-0.2, 0) is 0 Å². The molecule has 5 heteroatoms. The molecule has 0 fully saturated rings. The van der Waals surface area contributed by atoms with Gasteiger partial charge in [0.15, 0.2) is 0 Å². The Hall–Kier alpha value is -1.09. The highest BCUT2D eigenvalue weighted by Gasteiger charge is 2.24. The molecule has 2 aromatic rings. The minimum absolute atomic E-state index is 0.121. The molecule has 0 radical (unpaired) electrons. The molecule has 1 heterocycles. The van der Waals surface area contributed by atoms with Crippen LogP contribution in [0.5, 0.6) is 5.75 Å². The number of fused-ring (bicyclic) bond motifs is 1. The van der Waals surface area contributed by atoms with Gasteiger partial charge in [0.05, 0.1) is 17.7 Å². The van der Waals surface area contributed by atoms with Gasteiger partial charge >= 0.3 is 0 Å². The lowest BCUT2D eigenvalue weighted by Gasteiger charge is -2.28. The monoisotopic (exact) mass is 327 g/mol. The maximum atomic E-state index is 6.18. The van der Waals surface area contributed by atoms with Crippen molar-refractivity contribution in [2.45, 2.75) is 12.5 Å². The zero-order chi connectivity index (χ0) is 14.1. The summed E-state index contributed by atoms with van der Waals surface area (Å²) in [6, 6.07) is 11.3. The highest BCUT2D eigenvalue weighted by atomic mass is 35.5. The van der Waals surface area contributed by atoms with Crippen LogP contribution in [-0.4, -0.2) is 6.61 Å². The average molecular weight is 329 g/mol. The van der Waals surface area contributed by atoms with Gasteiger partial charge in [0.2, 0.25) is 0 Å². The number of benzene rings is 2. The van der Waals surface area contributed by atoms with E-state index in [0.717, 1.165) is 17.7 Å². The smallest absolute Gasteiger partial charge is 0.143 e. The van der Waals surface area contributed by atoms with Crippen LogP contribution >= 0.6 is 34.8 Å². The van der Waals surface area contributed by atoms with Gasteiger partial charge in [-0.2, -0.15) is 0 Å². The summed E-state index contributed by atoms with van der Waals surface area (Å²) in [6.07, 6.45) is 0.853. The summed E-state index contributed by atoms with van der Waals surface area (Å²) in [6.45, 7) is 0.625. The molecular formula is C15H12Cl3NO. The van der Waals surface area contributed by atoms with Gasteiger partial charge in [-0.3, -0.25) is 0 Å². The Morgan fingerprint density at radius 1 is 1.00 bits per heavy atom. The van der Waals surface area contributed by atoms with E-state index in [4.69, 9.17) is 39.5 Å². The summed E-state index contributed by atoms with van der Waals surface area (Å²) in [5.74, 6) is 0.716. The van der Waals surface area contributed by atoms with E-state index < -0.39 is 0 Å². The molecule has 0 saturated carbocycles. The molecule has 3 rings (SSSR count). The van der Waals surface area contributed by atoms with Crippen LogP contribution in [0, 0.1) is 0 Å². The maximum absolute atomic E-state index is 6.18. The first kappa shape index (κ1) is 13.9. The number of hydrogen-bond donors (Lipinski definition) is 1. The molecule has 0 bridgehead atoms. The van der Waals surface area contributed by atoms with E-state index in [1.54, 1.807) is 6.07 Å². The van der Waals surface area contributed by atoms with Crippen LogP contribution in [0.1, 0.15) is 18.0 Å². The van der Waals surface area contributed by atoms with E-state index in [2.05, 4.69) is 5.32 Å². The maximum Gasteiger partial charge on any atom is 0.143 e. The van der Waals surface area contributed by atoms with Gasteiger partial charge in [-0.1, -0.05) is 34.8 Å². The SMILES string of the molecule is Clc1ccc(NC2CCOc3c(Cl)cc(Cl)cc32)cc1. The van der Waals surface area contributed by atoms with Crippen LogP contribution in [0.3, 0.4) is 0 Å². The van der Waals surface area contributed by atoms with E-state index in [9.17, 15) is 0 Å². The Kier molecular flexibility index (Phi) is 3.97. The summed E-state index contributed by atoms with van der Waals surface area (Å²) in [7, 11) is 0. The fraction of sp³-hybridized carbons (Fsp3) is 0.200. The van der Waals surface area contributed by atoms with Crippen molar-refractivity contribution in [2.24, 2.45) is 0 Å². The summed E-state index contributed by atoms with van der Waals surface area (Å²) < 4.78 is 5.64. The number of anilines is 1. The molecule has 1 N–H and O–H groups in total. The summed E-state index contributed by atoms with van der Waals surface area (Å²) in [4.78, 5) is 0. The number of ether oxygens (including phenoxy) is 1. The standard InChI is InChI=1S/C15H12Cl3NO/c16-9-1-3-11(4-2-9)19-14-5-6-20-15-12(14)7-10(17)8-13(15)18/h1-4,7-8,14,19H,5-6H2. The van der Waals surface area contributed by atoms with E-state index >= 15 is 0 Å². The third-order valence-corrected chi connectivity index (χ3v) is 4.00. The first-order chi connectivity index (χ1) is 9.63. The second-order valence-electron chi connectivity index (χ2n) is 4.65. The zero-order valence-corrected chi connectivity index (χ0v) is 12.8. The van der Waals surface area contributed by atoms with Gasteiger partial charge in [-0.25, -0.2) is 0 Å². The average Bonchev–Trinajstić information content (AvgIpc) is 2.42. The molecular weight excluding hydrogens is 317 g/mol. The fourth-order valence-electron chi connectivity index (χ4n) is 2.32. The third kappa shape index (κ3) is 2.83. The second-order valence-corrected chi connectivity index (χ2v) is 5.93. The predicted molar refractivity (Wildman–Crippen MR) is 84.4 cm³/mol. The molecule has 1 aliphatic rings. The second kappa shape index (κ2) is 5.72. The van der Waals surface area contributed by atoms with Gasteiger partial charge in [-0.05, 0) is 36.4 Å². The molecule has 2 nitrogen and oxygen atoms in total. The predicted octanol–water partition coefficient (Wildman–Crippen LogP) is 5.58. The molecule has 0 spiro atoms. The third-order valence-electron chi connectivity index (χ3n) is 3.25. The van der Waals surface area contributed by atoms with Crippen LogP contribution in [0.15, 0.2) is 36.4 Å². The molecule has 20 heavy (non-hydrogen) atoms. The van der Waals surface area contributed by atoms with Crippen LogP contribution < -0.4 is 10.1 Å². The molecule has 0 amide bonds. The largest absolute Gasteiger partial charge is 0.492 e. The van der Waals surface area contributed by atoms with Crippen molar-refractivity contribution >= 4 is 40.5 Å². The van der Waals surface area contributed by atoms with Crippen molar-refractivity contribution in [1.29, 1.82) is 0 Å². The Labute approximate surface area is 132 Å². The highest BCUT2D eigenvalue weighted by Crippen LogP contribution is 2.41. The first-order valence-corrected chi connectivity index (χ1v) is 7.41. The lowest BCUT2D eigenvalue weighted by Crippen LogP contribution is -2.20. The van der Waals surface area contributed by atoms with Gasteiger partial charge in [-0.15, -0.1) is 0 Å². The number of hydrogen-bond acceptors (Lipinski definition) is 2. The van der Waals surface area contributed by atoms with Gasteiger partial charge < -0.3 is 10.1 Å². The Morgan fingerprint density at radius 2 is 1.75 bits per heavy atom. The molecule has 1 atom stereocenters. The Bertz CT molecular complexity index is 628. The van der Waals surface area contributed by atoms with E-state index in [-0.39, 0.29) is 6.04 Å². The Balaban J connectivity index is 1.91. The highest BCUT2D eigenvalue weighted by molar-refractivity contribution is 6.35. The van der Waals surface area contributed by atoms with Gasteiger partial charge in [0.25, 0.3) is 0 Å². The first-order valence-electron chi connectivity index (χ1n) is 6.27. The zero-order valence-electron chi connectivity index (χ0n) is 10.5. The Morgan fingerprint density at radius 3 is 2.50 bits per heavy atom. The molecule has 0 aliphatic carbocycles. The van der Waals surface area contributed by atoms with Crippen molar-refractivity contribution in [1.82, 2.24) is 0 Å².